The molecule has 3 heterocycles. The molecule has 0 amide bonds. The van der Waals surface area contributed by atoms with Gasteiger partial charge in [-0.15, -0.1) is 0 Å². The van der Waals surface area contributed by atoms with Crippen LogP contribution in [0.25, 0.3) is 0 Å². The van der Waals surface area contributed by atoms with Gasteiger partial charge in [0.1, 0.15) is 0 Å². The maximum absolute atomic E-state index is 3.83. The number of piperidine rings is 3. The lowest BCUT2D eigenvalue weighted by Crippen LogP contribution is -2.56. The van der Waals surface area contributed by atoms with Crippen LogP contribution in [0.5, 0.6) is 0 Å². The van der Waals surface area contributed by atoms with Crippen LogP contribution < -0.4 is 5.32 Å². The van der Waals surface area contributed by atoms with Gasteiger partial charge in [-0.25, -0.2) is 0 Å². The first kappa shape index (κ1) is 10.1. The molecule has 2 atom stereocenters. The predicted molar refractivity (Wildman–Crippen MR) is 62.8 cm³/mol. The van der Waals surface area contributed by atoms with Crippen molar-refractivity contribution in [3.8, 4) is 0 Å². The second-order valence-electron chi connectivity index (χ2n) is 5.97. The van der Waals surface area contributed by atoms with Crippen LogP contribution in [0.2, 0.25) is 0 Å². The Morgan fingerprint density at radius 2 is 1.93 bits per heavy atom. The Bertz CT molecular complexity index is 217. The Labute approximate surface area is 93.4 Å². The Morgan fingerprint density at radius 1 is 1.20 bits per heavy atom. The Balaban J connectivity index is 1.46. The highest BCUT2D eigenvalue weighted by Gasteiger charge is 2.34. The number of hydrogen-bond acceptors (Lipinski definition) is 2. The Morgan fingerprint density at radius 3 is 2.47 bits per heavy atom. The zero-order valence-electron chi connectivity index (χ0n) is 9.91. The van der Waals surface area contributed by atoms with Gasteiger partial charge in [0.2, 0.25) is 0 Å². The fourth-order valence-electron chi connectivity index (χ4n) is 3.37. The minimum atomic E-state index is 0.814. The lowest BCUT2D eigenvalue weighted by atomic mass is 9.84. The molecule has 2 nitrogen and oxygen atoms in total. The van der Waals surface area contributed by atoms with Crippen LogP contribution in [-0.2, 0) is 0 Å². The second-order valence-corrected chi connectivity index (χ2v) is 5.97. The average molecular weight is 208 g/mol. The molecule has 0 aromatic rings. The zero-order chi connectivity index (χ0) is 10.3. The van der Waals surface area contributed by atoms with E-state index in [9.17, 15) is 0 Å². The normalized spacial score (nSPS) is 41.8. The van der Waals surface area contributed by atoms with E-state index in [-0.39, 0.29) is 0 Å². The summed E-state index contributed by atoms with van der Waals surface area (Å²) in [6.07, 6.45) is 5.86. The molecule has 0 aromatic carbocycles. The number of rotatable bonds is 4. The summed E-state index contributed by atoms with van der Waals surface area (Å²) in [6, 6.07) is 0.814. The minimum absolute atomic E-state index is 0.814. The maximum Gasteiger partial charge on any atom is 0.0224 e. The highest BCUT2D eigenvalue weighted by atomic mass is 15.2. The summed E-state index contributed by atoms with van der Waals surface area (Å²) >= 11 is 0. The SMILES string of the molecule is CC(CNC1CN2CCC1CC2)C1CC1. The van der Waals surface area contributed by atoms with E-state index in [0.29, 0.717) is 0 Å². The van der Waals surface area contributed by atoms with E-state index < -0.39 is 0 Å². The molecule has 2 bridgehead atoms. The van der Waals surface area contributed by atoms with Crippen molar-refractivity contribution in [1.82, 2.24) is 10.2 Å². The summed E-state index contributed by atoms with van der Waals surface area (Å²) in [6.45, 7) is 7.73. The van der Waals surface area contributed by atoms with Crippen molar-refractivity contribution in [3.05, 3.63) is 0 Å². The van der Waals surface area contributed by atoms with Crippen molar-refractivity contribution in [2.75, 3.05) is 26.2 Å². The van der Waals surface area contributed by atoms with Gasteiger partial charge in [-0.05, 0) is 63.1 Å². The summed E-state index contributed by atoms with van der Waals surface area (Å²) in [5.41, 5.74) is 0. The fourth-order valence-corrected chi connectivity index (χ4v) is 3.37. The van der Waals surface area contributed by atoms with Gasteiger partial charge in [-0.2, -0.15) is 0 Å². The van der Waals surface area contributed by atoms with Gasteiger partial charge in [-0.3, -0.25) is 0 Å². The minimum Gasteiger partial charge on any atom is -0.312 e. The van der Waals surface area contributed by atoms with Crippen molar-refractivity contribution < 1.29 is 0 Å². The molecule has 0 spiro atoms. The molecule has 86 valence electrons. The molecule has 3 aliphatic heterocycles. The maximum atomic E-state index is 3.83. The van der Waals surface area contributed by atoms with Gasteiger partial charge in [-0.1, -0.05) is 6.92 Å². The van der Waals surface area contributed by atoms with Gasteiger partial charge >= 0.3 is 0 Å². The third-order valence-electron chi connectivity index (χ3n) is 4.78. The molecule has 0 aromatic heterocycles. The molecular weight excluding hydrogens is 184 g/mol. The molecule has 1 N–H and O–H groups in total. The molecule has 3 saturated heterocycles. The zero-order valence-corrected chi connectivity index (χ0v) is 9.91. The largest absolute Gasteiger partial charge is 0.312 e. The Hall–Kier alpha value is -0.0800. The first-order valence-corrected chi connectivity index (χ1v) is 6.78. The van der Waals surface area contributed by atoms with Crippen LogP contribution in [-0.4, -0.2) is 37.1 Å². The van der Waals surface area contributed by atoms with E-state index >= 15 is 0 Å². The quantitative estimate of drug-likeness (QED) is 0.757. The molecule has 1 saturated carbocycles. The topological polar surface area (TPSA) is 15.3 Å². The molecule has 1 aliphatic carbocycles. The summed E-state index contributed by atoms with van der Waals surface area (Å²) in [7, 11) is 0. The highest BCUT2D eigenvalue weighted by molar-refractivity contribution is 4.91. The molecular formula is C13H24N2. The van der Waals surface area contributed by atoms with Crippen molar-refractivity contribution in [1.29, 1.82) is 0 Å². The van der Waals surface area contributed by atoms with Crippen molar-refractivity contribution in [3.63, 3.8) is 0 Å². The highest BCUT2D eigenvalue weighted by Crippen LogP contribution is 2.36. The summed E-state index contributed by atoms with van der Waals surface area (Å²) < 4.78 is 0. The van der Waals surface area contributed by atoms with Crippen molar-refractivity contribution >= 4 is 0 Å². The van der Waals surface area contributed by atoms with Crippen LogP contribution in [0, 0.1) is 17.8 Å². The van der Waals surface area contributed by atoms with E-state index in [0.717, 1.165) is 23.8 Å². The van der Waals surface area contributed by atoms with Gasteiger partial charge in [0.25, 0.3) is 0 Å². The van der Waals surface area contributed by atoms with Crippen molar-refractivity contribution in [2.24, 2.45) is 17.8 Å². The van der Waals surface area contributed by atoms with Crippen LogP contribution in [0.3, 0.4) is 0 Å². The molecule has 15 heavy (non-hydrogen) atoms. The predicted octanol–water partition coefficient (Wildman–Crippen LogP) is 1.72. The van der Waals surface area contributed by atoms with Crippen LogP contribution in [0.15, 0.2) is 0 Å². The monoisotopic (exact) mass is 208 g/mol. The molecule has 4 rings (SSSR count). The van der Waals surface area contributed by atoms with Crippen LogP contribution >= 0.6 is 0 Å². The van der Waals surface area contributed by atoms with Gasteiger partial charge in [0.15, 0.2) is 0 Å². The van der Waals surface area contributed by atoms with E-state index in [1.165, 1.54) is 51.9 Å². The van der Waals surface area contributed by atoms with E-state index in [4.69, 9.17) is 0 Å². The lowest BCUT2D eigenvalue weighted by Gasteiger charge is -2.45. The first-order valence-electron chi connectivity index (χ1n) is 6.78. The standard InChI is InChI=1S/C13H24N2/c1-10(11-2-3-11)8-14-13-9-15-6-4-12(13)5-7-15/h10-14H,2-9H2,1H3. The first-order chi connectivity index (χ1) is 7.33. The van der Waals surface area contributed by atoms with Gasteiger partial charge < -0.3 is 10.2 Å². The molecule has 0 radical (unpaired) electrons. The third-order valence-corrected chi connectivity index (χ3v) is 4.78. The number of nitrogens with one attached hydrogen (secondary N) is 1. The smallest absolute Gasteiger partial charge is 0.0224 e. The lowest BCUT2D eigenvalue weighted by molar-refractivity contribution is 0.0707. The number of fused-ring (bicyclic) bond motifs is 3. The van der Waals surface area contributed by atoms with Crippen LogP contribution in [0.4, 0.5) is 0 Å². The second kappa shape index (κ2) is 4.06. The fraction of sp³-hybridized carbons (Fsp3) is 1.00. The molecule has 4 fully saturated rings. The van der Waals surface area contributed by atoms with E-state index in [2.05, 4.69) is 17.1 Å². The number of hydrogen-bond donors (Lipinski definition) is 1. The van der Waals surface area contributed by atoms with Crippen molar-refractivity contribution in [2.45, 2.75) is 38.6 Å². The summed E-state index contributed by atoms with van der Waals surface area (Å²) in [5, 5.41) is 3.83. The molecule has 2 unspecified atom stereocenters. The summed E-state index contributed by atoms with van der Waals surface area (Å²) in [5.74, 6) is 2.96. The third kappa shape index (κ3) is 2.21. The van der Waals surface area contributed by atoms with E-state index in [1.54, 1.807) is 0 Å². The average Bonchev–Trinajstić information content (AvgIpc) is 3.11. The Kier molecular flexibility index (Phi) is 2.73. The molecule has 2 heteroatoms. The molecule has 4 aliphatic rings. The van der Waals surface area contributed by atoms with Gasteiger partial charge in [0, 0.05) is 12.6 Å². The number of nitrogens with zero attached hydrogens (tertiary/aromatic N) is 1. The van der Waals surface area contributed by atoms with E-state index in [1.807, 2.05) is 0 Å². The van der Waals surface area contributed by atoms with Gasteiger partial charge in [0.05, 0.1) is 0 Å². The summed E-state index contributed by atoms with van der Waals surface area (Å²) in [4.78, 5) is 2.64. The van der Waals surface area contributed by atoms with Crippen LogP contribution in [0.1, 0.15) is 32.6 Å².